The molecule has 1 aliphatic rings. The van der Waals surface area contributed by atoms with Crippen molar-refractivity contribution in [2.24, 2.45) is 5.92 Å². The molecule has 2 aromatic rings. The van der Waals surface area contributed by atoms with E-state index in [4.69, 9.17) is 0 Å². The second kappa shape index (κ2) is 5.17. The first-order chi connectivity index (χ1) is 9.22. The van der Waals surface area contributed by atoms with Crippen LogP contribution in [0.1, 0.15) is 32.4 Å². The van der Waals surface area contributed by atoms with Gasteiger partial charge in [-0.3, -0.25) is 0 Å². The summed E-state index contributed by atoms with van der Waals surface area (Å²) in [6.07, 6.45) is 9.03. The minimum atomic E-state index is 0.552. The van der Waals surface area contributed by atoms with Crippen LogP contribution in [0.25, 0.3) is 11.7 Å². The predicted molar refractivity (Wildman–Crippen MR) is 79.0 cm³/mol. The second-order valence-electron chi connectivity index (χ2n) is 5.66. The Morgan fingerprint density at radius 3 is 3.00 bits per heavy atom. The molecular weight excluding hydrogens is 234 g/mol. The van der Waals surface area contributed by atoms with E-state index in [9.17, 15) is 0 Å². The van der Waals surface area contributed by atoms with Gasteiger partial charge in [0.2, 0.25) is 0 Å². The van der Waals surface area contributed by atoms with E-state index in [2.05, 4.69) is 40.8 Å². The van der Waals surface area contributed by atoms with Crippen molar-refractivity contribution >= 4 is 11.7 Å². The highest BCUT2D eigenvalue weighted by Crippen LogP contribution is 2.21. The molecule has 19 heavy (non-hydrogen) atoms. The number of hydrogen-bond acceptors (Lipinski definition) is 2. The van der Waals surface area contributed by atoms with E-state index in [-0.39, 0.29) is 0 Å². The van der Waals surface area contributed by atoms with Gasteiger partial charge in [0, 0.05) is 25.0 Å². The number of imidazole rings is 1. The zero-order valence-electron chi connectivity index (χ0n) is 11.6. The van der Waals surface area contributed by atoms with Gasteiger partial charge in [-0.25, -0.2) is 4.98 Å². The summed E-state index contributed by atoms with van der Waals surface area (Å²) >= 11 is 0. The predicted octanol–water partition coefficient (Wildman–Crippen LogP) is 3.13. The molecule has 0 aromatic carbocycles. The smallest absolute Gasteiger partial charge is 0.137 e. The lowest BCUT2D eigenvalue weighted by molar-refractivity contribution is 0.662. The number of rotatable bonds is 5. The summed E-state index contributed by atoms with van der Waals surface area (Å²) in [5.41, 5.74) is 3.48. The van der Waals surface area contributed by atoms with E-state index < -0.39 is 0 Å². The van der Waals surface area contributed by atoms with E-state index in [1.165, 1.54) is 18.4 Å². The molecule has 100 valence electrons. The number of fused-ring (bicyclic) bond motifs is 1. The molecule has 0 amide bonds. The van der Waals surface area contributed by atoms with Crippen LogP contribution in [0.5, 0.6) is 0 Å². The molecule has 0 spiro atoms. The summed E-state index contributed by atoms with van der Waals surface area (Å²) in [4.78, 5) is 4.64. The maximum Gasteiger partial charge on any atom is 0.137 e. The van der Waals surface area contributed by atoms with Crippen LogP contribution in [0.15, 0.2) is 36.2 Å². The van der Waals surface area contributed by atoms with E-state index in [1.54, 1.807) is 0 Å². The molecule has 3 nitrogen and oxygen atoms in total. The standard InChI is InChI=1S/C16H21N3/c1-12(2)13(10-17-14-6-7-14)9-15-11-19-8-4-3-5-16(19)18-15/h3-5,8-9,11-12,14,17H,6-7,10H2,1-2H3. The number of hydrogen-bond donors (Lipinski definition) is 1. The molecule has 1 fully saturated rings. The fourth-order valence-electron chi connectivity index (χ4n) is 2.19. The van der Waals surface area contributed by atoms with Crippen molar-refractivity contribution in [1.29, 1.82) is 0 Å². The summed E-state index contributed by atoms with van der Waals surface area (Å²) < 4.78 is 2.07. The molecule has 0 radical (unpaired) electrons. The Hall–Kier alpha value is -1.61. The van der Waals surface area contributed by atoms with Crippen LogP contribution in [0.2, 0.25) is 0 Å². The fraction of sp³-hybridized carbons (Fsp3) is 0.438. The molecule has 1 saturated carbocycles. The van der Waals surface area contributed by atoms with Crippen LogP contribution in [0, 0.1) is 5.92 Å². The number of nitrogens with one attached hydrogen (secondary N) is 1. The average Bonchev–Trinajstić information content (AvgIpc) is 3.12. The molecule has 0 aliphatic heterocycles. The Bertz CT molecular complexity index is 558. The molecule has 0 atom stereocenters. The summed E-state index contributed by atoms with van der Waals surface area (Å²) in [5.74, 6) is 0.552. The second-order valence-corrected chi connectivity index (χ2v) is 5.66. The van der Waals surface area contributed by atoms with E-state index in [0.717, 1.165) is 23.9 Å². The van der Waals surface area contributed by atoms with Crippen LogP contribution in [0.4, 0.5) is 0 Å². The summed E-state index contributed by atoms with van der Waals surface area (Å²) in [6, 6.07) is 6.84. The average molecular weight is 255 g/mol. The Balaban J connectivity index is 1.82. The lowest BCUT2D eigenvalue weighted by Gasteiger charge is -2.11. The molecule has 0 saturated heterocycles. The highest BCUT2D eigenvalue weighted by molar-refractivity contribution is 5.54. The van der Waals surface area contributed by atoms with Crippen molar-refractivity contribution in [1.82, 2.24) is 14.7 Å². The molecule has 0 bridgehead atoms. The molecule has 3 heteroatoms. The van der Waals surface area contributed by atoms with Gasteiger partial charge in [0.15, 0.2) is 0 Å². The first-order valence-corrected chi connectivity index (χ1v) is 7.10. The van der Waals surface area contributed by atoms with Crippen molar-refractivity contribution in [2.45, 2.75) is 32.7 Å². The molecule has 1 N–H and O–H groups in total. The third-order valence-electron chi connectivity index (χ3n) is 3.63. The van der Waals surface area contributed by atoms with E-state index in [1.807, 2.05) is 24.4 Å². The van der Waals surface area contributed by atoms with Gasteiger partial charge in [0.1, 0.15) is 5.65 Å². The topological polar surface area (TPSA) is 29.3 Å². The minimum Gasteiger partial charge on any atom is -0.310 e. The largest absolute Gasteiger partial charge is 0.310 e. The first-order valence-electron chi connectivity index (χ1n) is 7.10. The van der Waals surface area contributed by atoms with E-state index >= 15 is 0 Å². The van der Waals surface area contributed by atoms with Crippen molar-refractivity contribution in [2.75, 3.05) is 6.54 Å². The van der Waals surface area contributed by atoms with Gasteiger partial charge >= 0.3 is 0 Å². The zero-order chi connectivity index (χ0) is 13.2. The lowest BCUT2D eigenvalue weighted by atomic mass is 10.0. The van der Waals surface area contributed by atoms with Crippen LogP contribution in [-0.2, 0) is 0 Å². The van der Waals surface area contributed by atoms with Gasteiger partial charge in [0.25, 0.3) is 0 Å². The highest BCUT2D eigenvalue weighted by atomic mass is 15.0. The third-order valence-corrected chi connectivity index (χ3v) is 3.63. The maximum atomic E-state index is 4.64. The summed E-state index contributed by atoms with van der Waals surface area (Å²) in [7, 11) is 0. The summed E-state index contributed by atoms with van der Waals surface area (Å²) in [6.45, 7) is 5.47. The number of nitrogens with zero attached hydrogens (tertiary/aromatic N) is 2. The Labute approximate surface area is 114 Å². The molecule has 1 aliphatic carbocycles. The van der Waals surface area contributed by atoms with Gasteiger partial charge in [-0.15, -0.1) is 0 Å². The fourth-order valence-corrected chi connectivity index (χ4v) is 2.19. The van der Waals surface area contributed by atoms with Crippen molar-refractivity contribution in [3.05, 3.63) is 41.9 Å². The van der Waals surface area contributed by atoms with E-state index in [0.29, 0.717) is 5.92 Å². The van der Waals surface area contributed by atoms with Crippen molar-refractivity contribution < 1.29 is 0 Å². The van der Waals surface area contributed by atoms with Gasteiger partial charge in [-0.2, -0.15) is 0 Å². The number of aromatic nitrogens is 2. The Morgan fingerprint density at radius 2 is 2.32 bits per heavy atom. The third kappa shape index (κ3) is 3.04. The molecule has 3 rings (SSSR count). The summed E-state index contributed by atoms with van der Waals surface area (Å²) in [5, 5.41) is 3.59. The molecule has 0 unspecified atom stereocenters. The maximum absolute atomic E-state index is 4.64. The Morgan fingerprint density at radius 1 is 1.47 bits per heavy atom. The van der Waals surface area contributed by atoms with Crippen LogP contribution >= 0.6 is 0 Å². The molecule has 2 heterocycles. The van der Waals surface area contributed by atoms with Crippen molar-refractivity contribution in [3.8, 4) is 0 Å². The van der Waals surface area contributed by atoms with Crippen LogP contribution in [-0.4, -0.2) is 22.0 Å². The molecular formula is C16H21N3. The quantitative estimate of drug-likeness (QED) is 0.889. The van der Waals surface area contributed by atoms with Crippen LogP contribution < -0.4 is 5.32 Å². The normalized spacial score (nSPS) is 16.5. The minimum absolute atomic E-state index is 0.552. The number of pyridine rings is 1. The SMILES string of the molecule is CC(C)C(=Cc1cn2ccccc2n1)CNC1CC1. The lowest BCUT2D eigenvalue weighted by Crippen LogP contribution is -2.21. The van der Waals surface area contributed by atoms with Gasteiger partial charge in [-0.05, 0) is 37.0 Å². The zero-order valence-corrected chi connectivity index (χ0v) is 11.6. The van der Waals surface area contributed by atoms with Crippen molar-refractivity contribution in [3.63, 3.8) is 0 Å². The van der Waals surface area contributed by atoms with Crippen LogP contribution in [0.3, 0.4) is 0 Å². The highest BCUT2D eigenvalue weighted by Gasteiger charge is 2.20. The van der Waals surface area contributed by atoms with Gasteiger partial charge in [-0.1, -0.05) is 25.5 Å². The Kier molecular flexibility index (Phi) is 3.38. The first kappa shape index (κ1) is 12.4. The molecule has 2 aromatic heterocycles. The van der Waals surface area contributed by atoms with Gasteiger partial charge < -0.3 is 9.72 Å². The monoisotopic (exact) mass is 255 g/mol. The van der Waals surface area contributed by atoms with Gasteiger partial charge in [0.05, 0.1) is 5.69 Å².